The summed E-state index contributed by atoms with van der Waals surface area (Å²) in [6.45, 7) is 2.03. The fourth-order valence-corrected chi connectivity index (χ4v) is 2.15. The van der Waals surface area contributed by atoms with Gasteiger partial charge in [-0.25, -0.2) is 4.79 Å². The first-order chi connectivity index (χ1) is 9.81. The standard InChI is InChI=1S/C15H21NO4/c1-18-7-4-8-19-9-10-20-15(17)14-11-12-5-2-3-6-13(12)16-14/h2-3,5-6,14,16H,4,7-11H2,1H3. The average molecular weight is 279 g/mol. The number of fused-ring (bicyclic) bond motifs is 1. The highest BCUT2D eigenvalue weighted by atomic mass is 16.6. The third kappa shape index (κ3) is 4.21. The maximum atomic E-state index is 11.9. The SMILES string of the molecule is COCCCOCCOC(=O)C1Cc2ccccc2N1. The molecule has 0 fully saturated rings. The van der Waals surface area contributed by atoms with Crippen molar-refractivity contribution in [3.05, 3.63) is 29.8 Å². The molecular formula is C15H21NO4. The van der Waals surface area contributed by atoms with Gasteiger partial charge in [-0.1, -0.05) is 18.2 Å². The molecule has 0 saturated carbocycles. The van der Waals surface area contributed by atoms with Gasteiger partial charge in [-0.2, -0.15) is 0 Å². The molecule has 5 heteroatoms. The number of rotatable bonds is 8. The molecule has 0 bridgehead atoms. The smallest absolute Gasteiger partial charge is 0.328 e. The predicted molar refractivity (Wildman–Crippen MR) is 75.8 cm³/mol. The van der Waals surface area contributed by atoms with Gasteiger partial charge in [0, 0.05) is 32.4 Å². The zero-order chi connectivity index (χ0) is 14.2. The number of methoxy groups -OCH3 is 1. The molecule has 0 saturated heterocycles. The van der Waals surface area contributed by atoms with Gasteiger partial charge in [0.2, 0.25) is 0 Å². The van der Waals surface area contributed by atoms with Crippen molar-refractivity contribution in [3.8, 4) is 0 Å². The molecule has 0 radical (unpaired) electrons. The van der Waals surface area contributed by atoms with E-state index in [1.807, 2.05) is 24.3 Å². The third-order valence-corrected chi connectivity index (χ3v) is 3.16. The molecule has 0 spiro atoms. The van der Waals surface area contributed by atoms with Gasteiger partial charge in [0.1, 0.15) is 12.6 Å². The summed E-state index contributed by atoms with van der Waals surface area (Å²) in [6, 6.07) is 7.65. The lowest BCUT2D eigenvalue weighted by atomic mass is 10.1. The van der Waals surface area contributed by atoms with Crippen molar-refractivity contribution < 1.29 is 19.0 Å². The third-order valence-electron chi connectivity index (χ3n) is 3.16. The number of anilines is 1. The van der Waals surface area contributed by atoms with Crippen LogP contribution in [0.4, 0.5) is 5.69 Å². The Morgan fingerprint density at radius 1 is 1.25 bits per heavy atom. The van der Waals surface area contributed by atoms with E-state index in [1.54, 1.807) is 7.11 Å². The zero-order valence-electron chi connectivity index (χ0n) is 11.8. The number of benzene rings is 1. The van der Waals surface area contributed by atoms with E-state index in [9.17, 15) is 4.79 Å². The molecule has 1 N–H and O–H groups in total. The van der Waals surface area contributed by atoms with Gasteiger partial charge < -0.3 is 19.5 Å². The van der Waals surface area contributed by atoms with Crippen molar-refractivity contribution in [1.29, 1.82) is 0 Å². The second kappa shape index (κ2) is 7.87. The van der Waals surface area contributed by atoms with Crippen molar-refractivity contribution in [2.75, 3.05) is 38.9 Å². The molecule has 5 nitrogen and oxygen atoms in total. The quantitative estimate of drug-likeness (QED) is 0.579. The monoisotopic (exact) mass is 279 g/mol. The Kier molecular flexibility index (Phi) is 5.83. The van der Waals surface area contributed by atoms with E-state index in [0.29, 0.717) is 32.8 Å². The highest BCUT2D eigenvalue weighted by Crippen LogP contribution is 2.25. The van der Waals surface area contributed by atoms with Crippen molar-refractivity contribution in [2.45, 2.75) is 18.9 Å². The van der Waals surface area contributed by atoms with Crippen molar-refractivity contribution in [1.82, 2.24) is 0 Å². The first-order valence-electron chi connectivity index (χ1n) is 6.89. The number of nitrogens with one attached hydrogen (secondary N) is 1. The molecule has 110 valence electrons. The van der Waals surface area contributed by atoms with Gasteiger partial charge in [-0.3, -0.25) is 0 Å². The largest absolute Gasteiger partial charge is 0.462 e. The van der Waals surface area contributed by atoms with Crippen LogP contribution in [0.2, 0.25) is 0 Å². The summed E-state index contributed by atoms with van der Waals surface area (Å²) in [4.78, 5) is 11.9. The molecule has 1 heterocycles. The number of hydrogen-bond acceptors (Lipinski definition) is 5. The Hall–Kier alpha value is -1.59. The Morgan fingerprint density at radius 2 is 2.10 bits per heavy atom. The summed E-state index contributed by atoms with van der Waals surface area (Å²) in [5.74, 6) is -0.221. The Morgan fingerprint density at radius 3 is 2.90 bits per heavy atom. The molecule has 1 atom stereocenters. The lowest BCUT2D eigenvalue weighted by Gasteiger charge is -2.11. The summed E-state index contributed by atoms with van der Waals surface area (Å²) in [5, 5.41) is 3.17. The topological polar surface area (TPSA) is 56.8 Å². The number of carbonyl (C=O) groups excluding carboxylic acids is 1. The second-order valence-electron chi connectivity index (χ2n) is 4.68. The van der Waals surface area contributed by atoms with Crippen LogP contribution >= 0.6 is 0 Å². The molecule has 20 heavy (non-hydrogen) atoms. The van der Waals surface area contributed by atoms with Crippen LogP contribution in [-0.4, -0.2) is 45.5 Å². The van der Waals surface area contributed by atoms with Crippen LogP contribution in [0, 0.1) is 0 Å². The number of carbonyl (C=O) groups is 1. The van der Waals surface area contributed by atoms with Crippen LogP contribution < -0.4 is 5.32 Å². The molecule has 0 aromatic heterocycles. The van der Waals surface area contributed by atoms with Gasteiger partial charge in [-0.05, 0) is 18.1 Å². The number of hydrogen-bond donors (Lipinski definition) is 1. The fourth-order valence-electron chi connectivity index (χ4n) is 2.15. The average Bonchev–Trinajstić information content (AvgIpc) is 2.90. The van der Waals surface area contributed by atoms with Crippen LogP contribution in [0.1, 0.15) is 12.0 Å². The van der Waals surface area contributed by atoms with E-state index >= 15 is 0 Å². The van der Waals surface area contributed by atoms with Crippen molar-refractivity contribution in [2.24, 2.45) is 0 Å². The van der Waals surface area contributed by atoms with Gasteiger partial charge in [0.25, 0.3) is 0 Å². The van der Waals surface area contributed by atoms with E-state index in [2.05, 4.69) is 5.32 Å². The minimum absolute atomic E-state index is 0.221. The Labute approximate surface area is 119 Å². The normalized spacial score (nSPS) is 16.6. The Bertz CT molecular complexity index is 411. The molecule has 2 rings (SSSR count). The van der Waals surface area contributed by atoms with E-state index in [1.165, 1.54) is 0 Å². The highest BCUT2D eigenvalue weighted by Gasteiger charge is 2.27. The summed E-state index contributed by atoms with van der Waals surface area (Å²) >= 11 is 0. The first-order valence-corrected chi connectivity index (χ1v) is 6.89. The maximum Gasteiger partial charge on any atom is 0.328 e. The van der Waals surface area contributed by atoms with E-state index in [4.69, 9.17) is 14.2 Å². The van der Waals surface area contributed by atoms with Crippen LogP contribution in [0.25, 0.3) is 0 Å². The minimum Gasteiger partial charge on any atom is -0.462 e. The Balaban J connectivity index is 1.60. The lowest BCUT2D eigenvalue weighted by molar-refractivity contribution is -0.146. The molecular weight excluding hydrogens is 258 g/mol. The van der Waals surface area contributed by atoms with Crippen molar-refractivity contribution >= 4 is 11.7 Å². The number of esters is 1. The fraction of sp³-hybridized carbons (Fsp3) is 0.533. The van der Waals surface area contributed by atoms with Crippen LogP contribution in [0.3, 0.4) is 0 Å². The number of ether oxygens (including phenoxy) is 3. The first kappa shape index (κ1) is 14.8. The van der Waals surface area contributed by atoms with Crippen LogP contribution in [0.15, 0.2) is 24.3 Å². The number of para-hydroxylation sites is 1. The summed E-state index contributed by atoms with van der Waals surface area (Å²) < 4.78 is 15.5. The van der Waals surface area contributed by atoms with Gasteiger partial charge in [0.05, 0.1) is 6.61 Å². The second-order valence-corrected chi connectivity index (χ2v) is 4.68. The summed E-state index contributed by atoms with van der Waals surface area (Å²) in [6.07, 6.45) is 1.54. The minimum atomic E-state index is -0.277. The highest BCUT2D eigenvalue weighted by molar-refractivity contribution is 5.82. The van der Waals surface area contributed by atoms with Crippen LogP contribution in [0.5, 0.6) is 0 Å². The summed E-state index contributed by atoms with van der Waals surface area (Å²) in [5.41, 5.74) is 2.18. The molecule has 1 aliphatic rings. The van der Waals surface area contributed by atoms with E-state index in [-0.39, 0.29) is 12.0 Å². The molecule has 1 aliphatic heterocycles. The van der Waals surface area contributed by atoms with E-state index in [0.717, 1.165) is 17.7 Å². The molecule has 1 unspecified atom stereocenters. The van der Waals surface area contributed by atoms with E-state index < -0.39 is 0 Å². The van der Waals surface area contributed by atoms with Gasteiger partial charge in [-0.15, -0.1) is 0 Å². The lowest BCUT2D eigenvalue weighted by Crippen LogP contribution is -2.30. The maximum absolute atomic E-state index is 11.9. The summed E-state index contributed by atoms with van der Waals surface area (Å²) in [7, 11) is 1.66. The molecule has 1 aromatic rings. The molecule has 1 aromatic carbocycles. The van der Waals surface area contributed by atoms with Crippen molar-refractivity contribution in [3.63, 3.8) is 0 Å². The van der Waals surface area contributed by atoms with Gasteiger partial charge >= 0.3 is 5.97 Å². The predicted octanol–water partition coefficient (Wildman–Crippen LogP) is 1.62. The molecule has 0 aliphatic carbocycles. The molecule has 0 amide bonds. The van der Waals surface area contributed by atoms with Gasteiger partial charge in [0.15, 0.2) is 0 Å². The van der Waals surface area contributed by atoms with Crippen LogP contribution in [-0.2, 0) is 25.4 Å². The zero-order valence-corrected chi connectivity index (χ0v) is 11.8.